The lowest BCUT2D eigenvalue weighted by molar-refractivity contribution is 0.577. The van der Waals surface area contributed by atoms with E-state index >= 15 is 0 Å². The van der Waals surface area contributed by atoms with Crippen molar-refractivity contribution >= 4 is 17.4 Å². The highest BCUT2D eigenvalue weighted by molar-refractivity contribution is 7.99. The van der Waals surface area contributed by atoms with Crippen molar-refractivity contribution in [3.05, 3.63) is 54.1 Å². The maximum absolute atomic E-state index is 13.3. The van der Waals surface area contributed by atoms with Gasteiger partial charge in [-0.2, -0.15) is 0 Å². The molecule has 0 heterocycles. The van der Waals surface area contributed by atoms with E-state index in [0.717, 1.165) is 17.0 Å². The van der Waals surface area contributed by atoms with Gasteiger partial charge in [-0.3, -0.25) is 0 Å². The van der Waals surface area contributed by atoms with Gasteiger partial charge in [0.15, 0.2) is 0 Å². The van der Waals surface area contributed by atoms with Gasteiger partial charge in [-0.1, -0.05) is 11.8 Å². The molecule has 0 bridgehead atoms. The first-order chi connectivity index (χ1) is 7.65. The second kappa shape index (κ2) is 4.53. The predicted octanol–water partition coefficient (Wildman–Crippen LogP) is 3.70. The molecule has 0 unspecified atom stereocenters. The lowest BCUT2D eigenvalue weighted by Crippen LogP contribution is -1.85. The van der Waals surface area contributed by atoms with Crippen LogP contribution in [0.2, 0.25) is 0 Å². The summed E-state index contributed by atoms with van der Waals surface area (Å²) in [6.45, 7) is 0. The first-order valence-corrected chi connectivity index (χ1v) is 5.45. The molecule has 0 aliphatic rings. The van der Waals surface area contributed by atoms with Crippen LogP contribution in [0.15, 0.2) is 52.3 Å². The molecule has 2 N–H and O–H groups in total. The number of nitrogen functional groups attached to an aromatic ring is 1. The van der Waals surface area contributed by atoms with Gasteiger partial charge in [-0.15, -0.1) is 0 Å². The summed E-state index contributed by atoms with van der Waals surface area (Å²) >= 11 is 1.17. The molecule has 0 radical (unpaired) electrons. The van der Waals surface area contributed by atoms with Crippen molar-refractivity contribution in [2.45, 2.75) is 9.79 Å². The van der Waals surface area contributed by atoms with Crippen LogP contribution in [-0.4, -0.2) is 0 Å². The predicted molar refractivity (Wildman–Crippen MR) is 61.3 cm³/mol. The van der Waals surface area contributed by atoms with Crippen molar-refractivity contribution in [2.75, 3.05) is 5.73 Å². The van der Waals surface area contributed by atoms with E-state index in [2.05, 4.69) is 0 Å². The maximum Gasteiger partial charge on any atom is 0.137 e. The molecule has 2 rings (SSSR count). The topological polar surface area (TPSA) is 26.0 Å². The minimum atomic E-state index is -0.445. The van der Waals surface area contributed by atoms with E-state index in [9.17, 15) is 8.78 Å². The van der Waals surface area contributed by atoms with Crippen molar-refractivity contribution in [1.29, 1.82) is 0 Å². The third-order valence-electron chi connectivity index (χ3n) is 2.00. The summed E-state index contributed by atoms with van der Waals surface area (Å²) in [5.41, 5.74) is 6.17. The van der Waals surface area contributed by atoms with Crippen LogP contribution in [-0.2, 0) is 0 Å². The lowest BCUT2D eigenvalue weighted by atomic mass is 10.3. The average molecular weight is 237 g/mol. The Kier molecular flexibility index (Phi) is 3.10. The van der Waals surface area contributed by atoms with Crippen LogP contribution in [0, 0.1) is 11.6 Å². The van der Waals surface area contributed by atoms with E-state index in [1.165, 1.54) is 17.8 Å². The molecule has 4 heteroatoms. The molecule has 0 saturated carbocycles. The zero-order chi connectivity index (χ0) is 11.5. The van der Waals surface area contributed by atoms with Gasteiger partial charge in [0.1, 0.15) is 11.6 Å². The summed E-state index contributed by atoms with van der Waals surface area (Å²) in [6.07, 6.45) is 0. The number of benzene rings is 2. The molecular formula is C12H9F2NS. The Morgan fingerprint density at radius 1 is 0.938 bits per heavy atom. The van der Waals surface area contributed by atoms with Crippen molar-refractivity contribution in [3.63, 3.8) is 0 Å². The monoisotopic (exact) mass is 237 g/mol. The van der Waals surface area contributed by atoms with Gasteiger partial charge in [0.05, 0.1) is 4.90 Å². The van der Waals surface area contributed by atoms with E-state index in [1.807, 2.05) is 0 Å². The normalized spacial score (nSPS) is 10.4. The molecule has 2 aromatic carbocycles. The third-order valence-corrected chi connectivity index (χ3v) is 3.04. The standard InChI is InChI=1S/C12H9F2NS/c13-8-1-6-11(14)12(7-8)16-10-4-2-9(15)3-5-10/h1-7H,15H2. The molecule has 0 amide bonds. The molecule has 0 atom stereocenters. The largest absolute Gasteiger partial charge is 0.399 e. The van der Waals surface area contributed by atoms with Crippen LogP contribution in [0.1, 0.15) is 0 Å². The SMILES string of the molecule is Nc1ccc(Sc2cc(F)ccc2F)cc1. The fourth-order valence-electron chi connectivity index (χ4n) is 1.22. The molecule has 0 aliphatic carbocycles. The van der Waals surface area contributed by atoms with Gasteiger partial charge in [0, 0.05) is 10.6 Å². The first-order valence-electron chi connectivity index (χ1n) is 4.63. The second-order valence-corrected chi connectivity index (χ2v) is 4.36. The minimum Gasteiger partial charge on any atom is -0.399 e. The third kappa shape index (κ3) is 2.52. The van der Waals surface area contributed by atoms with E-state index < -0.39 is 11.6 Å². The number of nitrogens with two attached hydrogens (primary N) is 1. The molecule has 0 fully saturated rings. The fraction of sp³-hybridized carbons (Fsp3) is 0. The van der Waals surface area contributed by atoms with E-state index in [4.69, 9.17) is 5.73 Å². The van der Waals surface area contributed by atoms with Crippen LogP contribution >= 0.6 is 11.8 Å². The molecule has 2 aromatic rings. The zero-order valence-electron chi connectivity index (χ0n) is 8.28. The Labute approximate surface area is 96.3 Å². The Morgan fingerprint density at radius 3 is 2.31 bits per heavy atom. The number of hydrogen-bond donors (Lipinski definition) is 1. The van der Waals surface area contributed by atoms with Crippen LogP contribution < -0.4 is 5.73 Å². The van der Waals surface area contributed by atoms with Gasteiger partial charge in [0.25, 0.3) is 0 Å². The smallest absolute Gasteiger partial charge is 0.137 e. The highest BCUT2D eigenvalue weighted by atomic mass is 32.2. The summed E-state index contributed by atoms with van der Waals surface area (Å²) in [5.74, 6) is -0.873. The molecule has 0 saturated heterocycles. The Morgan fingerprint density at radius 2 is 1.62 bits per heavy atom. The van der Waals surface area contributed by atoms with Crippen LogP contribution in [0.4, 0.5) is 14.5 Å². The quantitative estimate of drug-likeness (QED) is 0.806. The van der Waals surface area contributed by atoms with Gasteiger partial charge in [-0.05, 0) is 42.5 Å². The van der Waals surface area contributed by atoms with E-state index in [1.54, 1.807) is 24.3 Å². The summed E-state index contributed by atoms with van der Waals surface area (Å²) in [7, 11) is 0. The van der Waals surface area contributed by atoms with Gasteiger partial charge >= 0.3 is 0 Å². The van der Waals surface area contributed by atoms with Crippen molar-refractivity contribution in [1.82, 2.24) is 0 Å². The fourth-order valence-corrected chi connectivity index (χ4v) is 2.08. The molecule has 1 nitrogen and oxygen atoms in total. The van der Waals surface area contributed by atoms with E-state index in [0.29, 0.717) is 5.69 Å². The lowest BCUT2D eigenvalue weighted by Gasteiger charge is -2.03. The van der Waals surface area contributed by atoms with Crippen LogP contribution in [0.25, 0.3) is 0 Å². The minimum absolute atomic E-state index is 0.268. The number of halogens is 2. The maximum atomic E-state index is 13.3. The highest BCUT2D eigenvalue weighted by Gasteiger charge is 2.05. The molecule has 82 valence electrons. The molecule has 0 aliphatic heterocycles. The van der Waals surface area contributed by atoms with Crippen molar-refractivity contribution in [2.24, 2.45) is 0 Å². The summed E-state index contributed by atoms with van der Waals surface area (Å²) in [6, 6.07) is 10.4. The van der Waals surface area contributed by atoms with Gasteiger partial charge in [-0.25, -0.2) is 8.78 Å². The molecule has 0 aromatic heterocycles. The summed E-state index contributed by atoms with van der Waals surface area (Å²) in [4.78, 5) is 1.09. The van der Waals surface area contributed by atoms with Gasteiger partial charge < -0.3 is 5.73 Å². The molecule has 0 spiro atoms. The number of rotatable bonds is 2. The van der Waals surface area contributed by atoms with E-state index in [-0.39, 0.29) is 4.90 Å². The second-order valence-electron chi connectivity index (χ2n) is 3.25. The highest BCUT2D eigenvalue weighted by Crippen LogP contribution is 2.30. The Balaban J connectivity index is 2.26. The number of hydrogen-bond acceptors (Lipinski definition) is 2. The first kappa shape index (κ1) is 11.0. The Bertz CT molecular complexity index is 497. The summed E-state index contributed by atoms with van der Waals surface area (Å²) in [5, 5.41) is 0. The summed E-state index contributed by atoms with van der Waals surface area (Å²) < 4.78 is 26.2. The van der Waals surface area contributed by atoms with Gasteiger partial charge in [0.2, 0.25) is 0 Å². The Hall–Kier alpha value is -1.55. The molecule has 16 heavy (non-hydrogen) atoms. The van der Waals surface area contributed by atoms with Crippen molar-refractivity contribution < 1.29 is 8.78 Å². The van der Waals surface area contributed by atoms with Crippen LogP contribution in [0.3, 0.4) is 0 Å². The molecular weight excluding hydrogens is 228 g/mol. The average Bonchev–Trinajstić information content (AvgIpc) is 2.27. The number of anilines is 1. The van der Waals surface area contributed by atoms with Crippen molar-refractivity contribution in [3.8, 4) is 0 Å². The zero-order valence-corrected chi connectivity index (χ0v) is 9.10. The van der Waals surface area contributed by atoms with Crippen LogP contribution in [0.5, 0.6) is 0 Å².